The van der Waals surface area contributed by atoms with Gasteiger partial charge in [-0.1, -0.05) is 25.0 Å². The van der Waals surface area contributed by atoms with E-state index in [0.29, 0.717) is 11.6 Å². The molecule has 128 valence electrons. The van der Waals surface area contributed by atoms with Crippen LogP contribution in [0.3, 0.4) is 0 Å². The molecule has 0 unspecified atom stereocenters. The first-order valence-corrected chi connectivity index (χ1v) is 10.1. The maximum atomic E-state index is 12.3. The molecule has 1 heterocycles. The van der Waals surface area contributed by atoms with E-state index < -0.39 is 10.0 Å². The zero-order valence-electron chi connectivity index (χ0n) is 13.9. The first-order valence-electron chi connectivity index (χ1n) is 8.43. The predicted octanol–water partition coefficient (Wildman–Crippen LogP) is 2.84. The fourth-order valence-corrected chi connectivity index (χ4v) is 4.41. The van der Waals surface area contributed by atoms with Crippen LogP contribution >= 0.6 is 0 Å². The molecule has 2 fully saturated rings. The average molecular weight is 338 g/mol. The molecule has 0 radical (unpaired) electrons. The lowest BCUT2D eigenvalue weighted by Gasteiger charge is -2.37. The summed E-state index contributed by atoms with van der Waals surface area (Å²) < 4.78 is 33.2. The Hall–Kier alpha value is -1.27. The van der Waals surface area contributed by atoms with Crippen LogP contribution in [-0.4, -0.2) is 39.5 Å². The summed E-state index contributed by atoms with van der Waals surface area (Å²) >= 11 is 0. The van der Waals surface area contributed by atoms with Crippen molar-refractivity contribution in [2.45, 2.75) is 45.3 Å². The van der Waals surface area contributed by atoms with Crippen LogP contribution in [0, 0.1) is 5.92 Å². The van der Waals surface area contributed by atoms with E-state index in [2.05, 4.69) is 9.62 Å². The van der Waals surface area contributed by atoms with Crippen molar-refractivity contribution in [2.75, 3.05) is 28.5 Å². The molecule has 1 aliphatic heterocycles. The van der Waals surface area contributed by atoms with Crippen LogP contribution in [0.2, 0.25) is 0 Å². The summed E-state index contributed by atoms with van der Waals surface area (Å²) in [5.41, 5.74) is 1.61. The Morgan fingerprint density at radius 3 is 2.48 bits per heavy atom. The highest BCUT2D eigenvalue weighted by molar-refractivity contribution is 7.92. The van der Waals surface area contributed by atoms with Crippen LogP contribution < -0.4 is 9.62 Å². The Kier molecular flexibility index (Phi) is 4.82. The van der Waals surface area contributed by atoms with Gasteiger partial charge in [0.2, 0.25) is 10.0 Å². The normalized spacial score (nSPS) is 25.4. The Morgan fingerprint density at radius 1 is 1.17 bits per heavy atom. The highest BCUT2D eigenvalue weighted by Gasteiger charge is 2.26. The molecule has 2 atom stereocenters. The van der Waals surface area contributed by atoms with Crippen molar-refractivity contribution in [2.24, 2.45) is 5.92 Å². The molecule has 1 aromatic rings. The lowest BCUT2D eigenvalue weighted by atomic mass is 10.2. The molecule has 6 heteroatoms. The number of nitrogens with zero attached hydrogens (tertiary/aromatic N) is 1. The summed E-state index contributed by atoms with van der Waals surface area (Å²) in [5.74, 6) is 0.824. The zero-order valence-corrected chi connectivity index (χ0v) is 14.7. The summed E-state index contributed by atoms with van der Waals surface area (Å²) in [6, 6.07) is 7.63. The third-order valence-electron chi connectivity index (χ3n) is 4.42. The van der Waals surface area contributed by atoms with Crippen LogP contribution in [0.5, 0.6) is 0 Å². The van der Waals surface area contributed by atoms with Crippen molar-refractivity contribution in [3.05, 3.63) is 24.3 Å². The van der Waals surface area contributed by atoms with Crippen LogP contribution in [-0.2, 0) is 14.8 Å². The minimum absolute atomic E-state index is 0.137. The first-order chi connectivity index (χ1) is 10.9. The van der Waals surface area contributed by atoms with Gasteiger partial charge in [-0.05, 0) is 38.3 Å². The van der Waals surface area contributed by atoms with E-state index in [9.17, 15) is 8.42 Å². The molecule has 0 spiro atoms. The molecule has 1 N–H and O–H groups in total. The lowest BCUT2D eigenvalue weighted by Crippen LogP contribution is -2.45. The van der Waals surface area contributed by atoms with Gasteiger partial charge in [-0.3, -0.25) is 4.72 Å². The molecule has 1 saturated carbocycles. The highest BCUT2D eigenvalue weighted by atomic mass is 32.2. The number of benzene rings is 1. The lowest BCUT2D eigenvalue weighted by molar-refractivity contribution is -0.00517. The molecule has 0 bridgehead atoms. The van der Waals surface area contributed by atoms with Gasteiger partial charge in [0.1, 0.15) is 0 Å². The second kappa shape index (κ2) is 6.69. The molecular formula is C17H26N2O3S. The highest BCUT2D eigenvalue weighted by Crippen LogP contribution is 2.33. The van der Waals surface area contributed by atoms with Crippen molar-refractivity contribution in [1.29, 1.82) is 0 Å². The number of sulfonamides is 1. The molecule has 5 nitrogen and oxygen atoms in total. The molecule has 1 aromatic carbocycles. The van der Waals surface area contributed by atoms with E-state index >= 15 is 0 Å². The summed E-state index contributed by atoms with van der Waals surface area (Å²) in [5, 5.41) is 0. The van der Waals surface area contributed by atoms with Crippen LogP contribution in [0.25, 0.3) is 0 Å². The Morgan fingerprint density at radius 2 is 1.83 bits per heavy atom. The van der Waals surface area contributed by atoms with Gasteiger partial charge in [0.15, 0.2) is 0 Å². The number of anilines is 2. The third-order valence-corrected chi connectivity index (χ3v) is 5.73. The van der Waals surface area contributed by atoms with Crippen molar-refractivity contribution in [3.63, 3.8) is 0 Å². The number of rotatable bonds is 6. The van der Waals surface area contributed by atoms with E-state index in [1.54, 1.807) is 0 Å². The number of para-hydroxylation sites is 2. The van der Waals surface area contributed by atoms with Gasteiger partial charge in [-0.15, -0.1) is 0 Å². The first kappa shape index (κ1) is 16.6. The predicted molar refractivity (Wildman–Crippen MR) is 93.4 cm³/mol. The third kappa shape index (κ3) is 4.61. The number of ether oxygens (including phenoxy) is 1. The smallest absolute Gasteiger partial charge is 0.232 e. The van der Waals surface area contributed by atoms with Gasteiger partial charge < -0.3 is 9.64 Å². The van der Waals surface area contributed by atoms with E-state index in [1.165, 1.54) is 12.8 Å². The summed E-state index contributed by atoms with van der Waals surface area (Å²) in [6.07, 6.45) is 3.39. The van der Waals surface area contributed by atoms with Gasteiger partial charge in [-0.2, -0.15) is 0 Å². The summed E-state index contributed by atoms with van der Waals surface area (Å²) in [6.45, 7) is 5.63. The van der Waals surface area contributed by atoms with Gasteiger partial charge in [-0.25, -0.2) is 8.42 Å². The standard InChI is InChI=1S/C17H26N2O3S/c1-13-11-19(12-14(2)22-13)17-6-4-3-5-16(17)18-23(20,21)10-9-15-7-8-15/h3-6,13-15,18H,7-12H2,1-2H3/t13-,14+. The monoisotopic (exact) mass is 338 g/mol. The minimum atomic E-state index is -3.29. The Labute approximate surface area is 139 Å². The molecule has 0 amide bonds. The van der Waals surface area contributed by atoms with Gasteiger partial charge in [0.05, 0.1) is 29.3 Å². The number of hydrogen-bond acceptors (Lipinski definition) is 4. The average Bonchev–Trinajstić information content (AvgIpc) is 3.28. The SMILES string of the molecule is C[C@@H]1CN(c2ccccc2NS(=O)(=O)CCC2CC2)C[C@H](C)O1. The van der Waals surface area contributed by atoms with E-state index in [-0.39, 0.29) is 18.0 Å². The Balaban J connectivity index is 1.74. The summed E-state index contributed by atoms with van der Waals surface area (Å²) in [7, 11) is -3.29. The second-order valence-corrected chi connectivity index (χ2v) is 8.67. The Bertz CT molecular complexity index is 633. The number of nitrogens with one attached hydrogen (secondary N) is 1. The maximum Gasteiger partial charge on any atom is 0.232 e. The minimum Gasteiger partial charge on any atom is -0.372 e. The van der Waals surface area contributed by atoms with Crippen molar-refractivity contribution < 1.29 is 13.2 Å². The van der Waals surface area contributed by atoms with Crippen molar-refractivity contribution >= 4 is 21.4 Å². The van der Waals surface area contributed by atoms with Crippen LogP contribution in [0.15, 0.2) is 24.3 Å². The van der Waals surface area contributed by atoms with Gasteiger partial charge >= 0.3 is 0 Å². The molecule has 1 saturated heterocycles. The van der Waals surface area contributed by atoms with Crippen molar-refractivity contribution in [1.82, 2.24) is 0 Å². The maximum absolute atomic E-state index is 12.3. The second-order valence-electron chi connectivity index (χ2n) is 6.83. The molecular weight excluding hydrogens is 312 g/mol. The van der Waals surface area contributed by atoms with Gasteiger partial charge in [0, 0.05) is 13.1 Å². The molecule has 1 aliphatic carbocycles. The van der Waals surface area contributed by atoms with E-state index in [4.69, 9.17) is 4.74 Å². The van der Waals surface area contributed by atoms with Crippen LogP contribution in [0.4, 0.5) is 11.4 Å². The van der Waals surface area contributed by atoms with Crippen LogP contribution in [0.1, 0.15) is 33.1 Å². The largest absolute Gasteiger partial charge is 0.372 e. The zero-order chi connectivity index (χ0) is 16.4. The number of hydrogen-bond donors (Lipinski definition) is 1. The molecule has 0 aromatic heterocycles. The quantitative estimate of drug-likeness (QED) is 0.866. The van der Waals surface area contributed by atoms with Gasteiger partial charge in [0.25, 0.3) is 0 Å². The summed E-state index contributed by atoms with van der Waals surface area (Å²) in [4.78, 5) is 2.21. The van der Waals surface area contributed by atoms with E-state index in [0.717, 1.165) is 25.2 Å². The van der Waals surface area contributed by atoms with E-state index in [1.807, 2.05) is 38.1 Å². The molecule has 3 rings (SSSR count). The topological polar surface area (TPSA) is 58.6 Å². The molecule has 2 aliphatic rings. The fraction of sp³-hybridized carbons (Fsp3) is 0.647. The molecule has 23 heavy (non-hydrogen) atoms. The fourth-order valence-electron chi connectivity index (χ4n) is 3.16. The number of morpholine rings is 1. The van der Waals surface area contributed by atoms with Crippen molar-refractivity contribution in [3.8, 4) is 0 Å².